The largest absolute Gasteiger partial charge is 0.444 e. The van der Waals surface area contributed by atoms with Crippen molar-refractivity contribution in [2.45, 2.75) is 59.5 Å². The van der Waals surface area contributed by atoms with Gasteiger partial charge in [-0.15, -0.1) is 24.0 Å². The Morgan fingerprint density at radius 2 is 1.75 bits per heavy atom. The molecule has 1 fully saturated rings. The van der Waals surface area contributed by atoms with Gasteiger partial charge >= 0.3 is 6.09 Å². The van der Waals surface area contributed by atoms with Crippen LogP contribution in [-0.2, 0) is 9.53 Å². The third-order valence-corrected chi connectivity index (χ3v) is 3.79. The summed E-state index contributed by atoms with van der Waals surface area (Å²) in [7, 11) is 0. The molecule has 1 aliphatic rings. The molecule has 0 spiro atoms. The molecule has 2 amide bonds. The van der Waals surface area contributed by atoms with Gasteiger partial charge in [-0.25, -0.2) is 4.79 Å². The van der Waals surface area contributed by atoms with Gasteiger partial charge in [-0.1, -0.05) is 6.92 Å². The maximum atomic E-state index is 12.3. The zero-order chi connectivity index (χ0) is 20.3. The third-order valence-electron chi connectivity index (χ3n) is 3.79. The number of carbonyl (C=O) groups excluding carboxylic acids is 2. The summed E-state index contributed by atoms with van der Waals surface area (Å²) >= 11 is 0. The van der Waals surface area contributed by atoms with Crippen molar-refractivity contribution in [1.82, 2.24) is 20.9 Å². The SMILES string of the molecule is CCCN(CCNC(=NCCNC(=O)C1CC1)NCC)C(=O)OC(C)(C)C.I. The second kappa shape index (κ2) is 13.8. The van der Waals surface area contributed by atoms with Crippen LogP contribution >= 0.6 is 24.0 Å². The van der Waals surface area contributed by atoms with Gasteiger partial charge in [0.15, 0.2) is 5.96 Å². The maximum absolute atomic E-state index is 12.3. The zero-order valence-corrected chi connectivity index (χ0v) is 20.3. The molecule has 0 heterocycles. The van der Waals surface area contributed by atoms with Gasteiger partial charge in [0.2, 0.25) is 5.91 Å². The van der Waals surface area contributed by atoms with Crippen molar-refractivity contribution >= 4 is 41.9 Å². The van der Waals surface area contributed by atoms with E-state index in [0.29, 0.717) is 38.7 Å². The average molecular weight is 511 g/mol. The van der Waals surface area contributed by atoms with E-state index in [1.165, 1.54) is 0 Å². The van der Waals surface area contributed by atoms with Gasteiger partial charge in [0.05, 0.1) is 6.54 Å². The fourth-order valence-corrected chi connectivity index (χ4v) is 2.38. The molecule has 0 aromatic heterocycles. The summed E-state index contributed by atoms with van der Waals surface area (Å²) in [5, 5.41) is 9.30. The van der Waals surface area contributed by atoms with Gasteiger partial charge in [-0.3, -0.25) is 9.79 Å². The van der Waals surface area contributed by atoms with E-state index in [4.69, 9.17) is 4.74 Å². The summed E-state index contributed by atoms with van der Waals surface area (Å²) in [6, 6.07) is 0. The number of amides is 2. The lowest BCUT2D eigenvalue weighted by Crippen LogP contribution is -2.44. The number of nitrogens with zero attached hydrogens (tertiary/aromatic N) is 2. The van der Waals surface area contributed by atoms with E-state index < -0.39 is 5.60 Å². The summed E-state index contributed by atoms with van der Waals surface area (Å²) in [4.78, 5) is 30.0. The number of rotatable bonds is 10. The van der Waals surface area contributed by atoms with E-state index in [9.17, 15) is 9.59 Å². The molecule has 0 aromatic carbocycles. The highest BCUT2D eigenvalue weighted by atomic mass is 127. The van der Waals surface area contributed by atoms with Crippen molar-refractivity contribution in [1.29, 1.82) is 0 Å². The lowest BCUT2D eigenvalue weighted by Gasteiger charge is -2.27. The number of halogens is 1. The molecular weight excluding hydrogens is 473 g/mol. The van der Waals surface area contributed by atoms with E-state index in [0.717, 1.165) is 25.8 Å². The van der Waals surface area contributed by atoms with Crippen LogP contribution < -0.4 is 16.0 Å². The summed E-state index contributed by atoms with van der Waals surface area (Å²) in [6.07, 6.45) is 2.58. The van der Waals surface area contributed by atoms with Crippen LogP contribution in [0.4, 0.5) is 4.79 Å². The van der Waals surface area contributed by atoms with Crippen LogP contribution in [0.2, 0.25) is 0 Å². The number of hydrogen-bond acceptors (Lipinski definition) is 4. The monoisotopic (exact) mass is 511 g/mol. The number of guanidine groups is 1. The molecule has 0 radical (unpaired) electrons. The number of hydrogen-bond donors (Lipinski definition) is 3. The standard InChI is InChI=1S/C19H37N5O3.HI/c1-6-13-24(18(26)27-19(3,4)5)14-12-23-17(20-7-2)22-11-10-21-16(25)15-8-9-15;/h15H,6-14H2,1-5H3,(H,21,25)(H2,20,22,23);1H. The molecule has 1 saturated carbocycles. The minimum atomic E-state index is -0.502. The molecule has 0 saturated heterocycles. The Morgan fingerprint density at radius 3 is 2.29 bits per heavy atom. The normalized spacial score (nSPS) is 14.0. The Kier molecular flexibility index (Phi) is 13.2. The Labute approximate surface area is 186 Å². The molecule has 28 heavy (non-hydrogen) atoms. The molecule has 1 rings (SSSR count). The molecule has 0 aliphatic heterocycles. The fourth-order valence-electron chi connectivity index (χ4n) is 2.38. The van der Waals surface area contributed by atoms with Crippen molar-refractivity contribution in [3.8, 4) is 0 Å². The van der Waals surface area contributed by atoms with Gasteiger partial charge in [0, 0.05) is 38.6 Å². The molecule has 164 valence electrons. The second-order valence-electron chi connectivity index (χ2n) is 7.72. The van der Waals surface area contributed by atoms with Gasteiger partial charge in [-0.05, 0) is 47.0 Å². The van der Waals surface area contributed by atoms with Crippen LogP contribution in [-0.4, -0.2) is 67.7 Å². The topological polar surface area (TPSA) is 95.1 Å². The van der Waals surface area contributed by atoms with Crippen LogP contribution in [0.25, 0.3) is 0 Å². The predicted molar refractivity (Wildman–Crippen MR) is 123 cm³/mol. The van der Waals surface area contributed by atoms with Crippen molar-refractivity contribution in [2.75, 3.05) is 39.3 Å². The minimum Gasteiger partial charge on any atom is -0.444 e. The molecule has 1 aliphatic carbocycles. The zero-order valence-electron chi connectivity index (χ0n) is 18.0. The Morgan fingerprint density at radius 1 is 1.07 bits per heavy atom. The highest BCUT2D eigenvalue weighted by Crippen LogP contribution is 2.28. The first kappa shape index (κ1) is 26.7. The second-order valence-corrected chi connectivity index (χ2v) is 7.72. The predicted octanol–water partition coefficient (Wildman–Crippen LogP) is 2.33. The summed E-state index contributed by atoms with van der Waals surface area (Å²) in [5.74, 6) is 1.03. The van der Waals surface area contributed by atoms with E-state index in [2.05, 4.69) is 20.9 Å². The van der Waals surface area contributed by atoms with Crippen LogP contribution in [0.15, 0.2) is 4.99 Å². The highest BCUT2D eigenvalue weighted by Gasteiger charge is 2.29. The van der Waals surface area contributed by atoms with Gasteiger partial charge in [0.1, 0.15) is 5.60 Å². The van der Waals surface area contributed by atoms with Crippen LogP contribution in [0.1, 0.15) is 53.9 Å². The molecular formula is C19H38IN5O3. The Balaban J connectivity index is 0.00000729. The van der Waals surface area contributed by atoms with Crippen LogP contribution in [0.5, 0.6) is 0 Å². The Hall–Kier alpha value is -1.26. The van der Waals surface area contributed by atoms with E-state index >= 15 is 0 Å². The lowest BCUT2D eigenvalue weighted by atomic mass is 10.2. The minimum absolute atomic E-state index is 0. The van der Waals surface area contributed by atoms with Crippen molar-refractivity contribution in [3.05, 3.63) is 0 Å². The number of aliphatic imine (C=N–C) groups is 1. The van der Waals surface area contributed by atoms with E-state index in [1.807, 2.05) is 34.6 Å². The molecule has 8 nitrogen and oxygen atoms in total. The first-order valence-corrected chi connectivity index (χ1v) is 10.0. The van der Waals surface area contributed by atoms with Gasteiger partial charge < -0.3 is 25.6 Å². The average Bonchev–Trinajstić information content (AvgIpc) is 3.41. The number of ether oxygens (including phenoxy) is 1. The van der Waals surface area contributed by atoms with Crippen molar-refractivity contribution < 1.29 is 14.3 Å². The third kappa shape index (κ3) is 12.2. The van der Waals surface area contributed by atoms with Crippen LogP contribution in [0, 0.1) is 5.92 Å². The number of carbonyl (C=O) groups is 2. The van der Waals surface area contributed by atoms with E-state index in [1.54, 1.807) is 4.90 Å². The van der Waals surface area contributed by atoms with Crippen LogP contribution in [0.3, 0.4) is 0 Å². The maximum Gasteiger partial charge on any atom is 0.410 e. The number of nitrogens with one attached hydrogen (secondary N) is 3. The summed E-state index contributed by atoms with van der Waals surface area (Å²) in [6.45, 7) is 13.2. The quantitative estimate of drug-likeness (QED) is 0.181. The molecule has 9 heteroatoms. The summed E-state index contributed by atoms with van der Waals surface area (Å²) < 4.78 is 5.46. The van der Waals surface area contributed by atoms with Crippen molar-refractivity contribution in [2.24, 2.45) is 10.9 Å². The Bertz CT molecular complexity index is 504. The molecule has 3 N–H and O–H groups in total. The van der Waals surface area contributed by atoms with Crippen molar-refractivity contribution in [3.63, 3.8) is 0 Å². The molecule has 0 aromatic rings. The molecule has 0 atom stereocenters. The smallest absolute Gasteiger partial charge is 0.410 e. The summed E-state index contributed by atoms with van der Waals surface area (Å²) in [5.41, 5.74) is -0.502. The molecule has 0 unspecified atom stereocenters. The fraction of sp³-hybridized carbons (Fsp3) is 0.842. The lowest BCUT2D eigenvalue weighted by molar-refractivity contribution is -0.122. The van der Waals surface area contributed by atoms with Gasteiger partial charge in [-0.2, -0.15) is 0 Å². The molecule has 0 bridgehead atoms. The highest BCUT2D eigenvalue weighted by molar-refractivity contribution is 14.0. The van der Waals surface area contributed by atoms with E-state index in [-0.39, 0.29) is 41.9 Å². The first-order chi connectivity index (χ1) is 12.8. The first-order valence-electron chi connectivity index (χ1n) is 10.0. The van der Waals surface area contributed by atoms with Gasteiger partial charge in [0.25, 0.3) is 0 Å².